The predicted molar refractivity (Wildman–Crippen MR) is 74.6 cm³/mol. The van der Waals surface area contributed by atoms with E-state index in [-0.39, 0.29) is 0 Å². The van der Waals surface area contributed by atoms with Crippen molar-refractivity contribution < 1.29 is 4.74 Å². The number of hydrogen-bond donors (Lipinski definition) is 1. The summed E-state index contributed by atoms with van der Waals surface area (Å²) in [4.78, 5) is 0.776. The van der Waals surface area contributed by atoms with E-state index in [0.29, 0.717) is 17.8 Å². The molecule has 2 aromatic rings. The van der Waals surface area contributed by atoms with E-state index in [1.54, 1.807) is 0 Å². The largest absolute Gasteiger partial charge is 0.488 e. The van der Waals surface area contributed by atoms with Crippen LogP contribution in [0.4, 0.5) is 0 Å². The van der Waals surface area contributed by atoms with Crippen molar-refractivity contribution in [1.82, 2.24) is 0 Å². The average Bonchev–Trinajstić information content (AvgIpc) is 2.29. The maximum Gasteiger partial charge on any atom is 0.126 e. The van der Waals surface area contributed by atoms with E-state index in [9.17, 15) is 0 Å². The molecule has 0 heterocycles. The molecule has 1 nitrogen and oxygen atoms in total. The van der Waals surface area contributed by atoms with Crippen LogP contribution < -0.4 is 10.2 Å². The summed E-state index contributed by atoms with van der Waals surface area (Å²) in [5.74, 6) is 0.655. The van der Waals surface area contributed by atoms with Crippen LogP contribution >= 0.6 is 12.6 Å². The summed E-state index contributed by atoms with van der Waals surface area (Å²) >= 11 is 4.38. The van der Waals surface area contributed by atoms with Gasteiger partial charge in [0, 0.05) is 4.90 Å². The minimum Gasteiger partial charge on any atom is -0.488 e. The highest BCUT2D eigenvalue weighted by molar-refractivity contribution is 7.80. The zero-order valence-electron chi connectivity index (χ0n) is 9.68. The summed E-state index contributed by atoms with van der Waals surface area (Å²) in [6.07, 6.45) is 0. The third kappa shape index (κ3) is 3.07. The second-order valence-corrected chi connectivity index (χ2v) is 4.46. The molecule has 0 spiro atoms. The lowest BCUT2D eigenvalue weighted by Gasteiger charge is -2.12. The first-order chi connectivity index (χ1) is 8.16. The van der Waals surface area contributed by atoms with Crippen LogP contribution in [0, 0.1) is 6.92 Å². The van der Waals surface area contributed by atoms with Crippen LogP contribution in [0.1, 0.15) is 11.1 Å². The lowest BCUT2D eigenvalue weighted by molar-refractivity contribution is 0.301. The smallest absolute Gasteiger partial charge is 0.126 e. The molecule has 0 amide bonds. The van der Waals surface area contributed by atoms with Crippen molar-refractivity contribution in [2.45, 2.75) is 18.4 Å². The van der Waals surface area contributed by atoms with Gasteiger partial charge in [0.05, 0.1) is 0 Å². The quantitative estimate of drug-likeness (QED) is 0.641. The Morgan fingerprint density at radius 3 is 2.53 bits per heavy atom. The third-order valence-corrected chi connectivity index (χ3v) is 2.80. The molecule has 0 unspecified atom stereocenters. The first kappa shape index (κ1) is 12.1. The maximum atomic E-state index is 5.91. The summed E-state index contributed by atoms with van der Waals surface area (Å²) in [5.41, 5.74) is 2.82. The van der Waals surface area contributed by atoms with E-state index in [0.717, 1.165) is 16.0 Å². The highest BCUT2D eigenvalue weighted by Crippen LogP contribution is 2.22. The van der Waals surface area contributed by atoms with Crippen molar-refractivity contribution >= 4 is 25.9 Å². The molecule has 17 heavy (non-hydrogen) atoms. The minimum absolute atomic E-state index is 0.502. The molecular weight excluding hydrogens is 227 g/mol. The Labute approximate surface area is 109 Å². The molecule has 0 saturated carbocycles. The Morgan fingerprint density at radius 2 is 1.88 bits per heavy atom. The number of aryl methyl sites for hydroxylation is 1. The highest BCUT2D eigenvalue weighted by Gasteiger charge is 2.05. The number of benzene rings is 2. The van der Waals surface area contributed by atoms with E-state index >= 15 is 0 Å². The number of rotatable bonds is 3. The van der Waals surface area contributed by atoms with Gasteiger partial charge >= 0.3 is 0 Å². The second kappa shape index (κ2) is 5.32. The molecule has 0 aromatic heterocycles. The molecule has 0 saturated heterocycles. The molecule has 2 radical (unpaired) electrons. The van der Waals surface area contributed by atoms with Gasteiger partial charge in [-0.3, -0.25) is 0 Å². The molecular formula is C14H13BOS. The SMILES string of the molecule is [B]c1cc(C)cc(S)c1OCc1ccccc1. The summed E-state index contributed by atoms with van der Waals surface area (Å²) in [6, 6.07) is 13.8. The third-order valence-electron chi connectivity index (χ3n) is 2.47. The lowest BCUT2D eigenvalue weighted by Crippen LogP contribution is -2.10. The van der Waals surface area contributed by atoms with Gasteiger partial charge in [0.15, 0.2) is 0 Å². The fourth-order valence-corrected chi connectivity index (χ4v) is 2.07. The van der Waals surface area contributed by atoms with Gasteiger partial charge in [-0.05, 0) is 18.6 Å². The first-order valence-corrected chi connectivity index (χ1v) is 5.87. The Hall–Kier alpha value is -1.35. The van der Waals surface area contributed by atoms with Gasteiger partial charge < -0.3 is 4.74 Å². The molecule has 0 atom stereocenters. The first-order valence-electron chi connectivity index (χ1n) is 5.42. The molecule has 3 heteroatoms. The summed E-state index contributed by atoms with van der Waals surface area (Å²) in [6.45, 7) is 2.48. The maximum absolute atomic E-state index is 5.91. The zero-order valence-corrected chi connectivity index (χ0v) is 10.6. The van der Waals surface area contributed by atoms with Crippen molar-refractivity contribution in [3.63, 3.8) is 0 Å². The molecule has 0 fully saturated rings. The number of ether oxygens (including phenoxy) is 1. The fourth-order valence-electron chi connectivity index (χ4n) is 1.67. The average molecular weight is 240 g/mol. The van der Waals surface area contributed by atoms with Gasteiger partial charge in [-0.1, -0.05) is 47.4 Å². The van der Waals surface area contributed by atoms with Crippen LogP contribution in [0.2, 0.25) is 0 Å². The predicted octanol–water partition coefficient (Wildman–Crippen LogP) is 2.66. The van der Waals surface area contributed by atoms with Crippen molar-refractivity contribution in [1.29, 1.82) is 0 Å². The number of hydrogen-bond acceptors (Lipinski definition) is 2. The summed E-state index contributed by atoms with van der Waals surface area (Å²) in [7, 11) is 5.91. The zero-order chi connectivity index (χ0) is 12.3. The van der Waals surface area contributed by atoms with E-state index in [1.807, 2.05) is 49.4 Å². The van der Waals surface area contributed by atoms with Crippen molar-refractivity contribution in [3.05, 3.63) is 53.6 Å². The highest BCUT2D eigenvalue weighted by atomic mass is 32.1. The van der Waals surface area contributed by atoms with Crippen LogP contribution in [0.5, 0.6) is 5.75 Å². The van der Waals surface area contributed by atoms with Crippen LogP contribution in [-0.2, 0) is 6.61 Å². The van der Waals surface area contributed by atoms with Gasteiger partial charge in [-0.15, -0.1) is 12.6 Å². The van der Waals surface area contributed by atoms with Gasteiger partial charge in [0.1, 0.15) is 20.2 Å². The molecule has 0 bridgehead atoms. The van der Waals surface area contributed by atoms with Crippen LogP contribution in [-0.4, -0.2) is 7.85 Å². The topological polar surface area (TPSA) is 9.23 Å². The fraction of sp³-hybridized carbons (Fsp3) is 0.143. The number of thiol groups is 1. The Balaban J connectivity index is 2.15. The molecule has 0 aliphatic carbocycles. The Bertz CT molecular complexity index is 488. The molecule has 0 aliphatic heterocycles. The molecule has 0 aliphatic rings. The molecule has 2 aromatic carbocycles. The van der Waals surface area contributed by atoms with Gasteiger partial charge in [-0.2, -0.15) is 0 Å². The van der Waals surface area contributed by atoms with E-state index in [4.69, 9.17) is 12.6 Å². The van der Waals surface area contributed by atoms with Crippen molar-refractivity contribution in [3.8, 4) is 5.75 Å². The Morgan fingerprint density at radius 1 is 1.18 bits per heavy atom. The van der Waals surface area contributed by atoms with E-state index < -0.39 is 0 Å². The Kier molecular flexibility index (Phi) is 3.80. The lowest BCUT2D eigenvalue weighted by atomic mass is 9.93. The van der Waals surface area contributed by atoms with Crippen molar-refractivity contribution in [2.24, 2.45) is 0 Å². The van der Waals surface area contributed by atoms with Gasteiger partial charge in [-0.25, -0.2) is 0 Å². The molecule has 2 rings (SSSR count). The van der Waals surface area contributed by atoms with Gasteiger partial charge in [0.2, 0.25) is 0 Å². The normalized spacial score (nSPS) is 10.2. The minimum atomic E-state index is 0.502. The summed E-state index contributed by atoms with van der Waals surface area (Å²) < 4.78 is 5.71. The second-order valence-electron chi connectivity index (χ2n) is 3.98. The standard InChI is InChI=1S/C14H13BOS/c1-10-7-12(15)14(13(17)8-10)16-9-11-5-3-2-4-6-11/h2-8,17H,9H2,1H3. The van der Waals surface area contributed by atoms with Crippen LogP contribution in [0.15, 0.2) is 47.4 Å². The van der Waals surface area contributed by atoms with Crippen LogP contribution in [0.25, 0.3) is 0 Å². The molecule has 0 N–H and O–H groups in total. The van der Waals surface area contributed by atoms with Crippen LogP contribution in [0.3, 0.4) is 0 Å². The van der Waals surface area contributed by atoms with E-state index in [2.05, 4.69) is 12.6 Å². The van der Waals surface area contributed by atoms with E-state index in [1.165, 1.54) is 0 Å². The summed E-state index contributed by atoms with van der Waals surface area (Å²) in [5, 5.41) is 0. The van der Waals surface area contributed by atoms with Crippen molar-refractivity contribution in [2.75, 3.05) is 0 Å². The van der Waals surface area contributed by atoms with Gasteiger partial charge in [0.25, 0.3) is 0 Å². The molecule has 84 valence electrons. The monoisotopic (exact) mass is 240 g/mol.